The maximum atomic E-state index is 13.4. The van der Waals surface area contributed by atoms with Crippen LogP contribution in [0.15, 0.2) is 72.8 Å². The number of ether oxygens (including phenoxy) is 2. The molecule has 0 unspecified atom stereocenters. The molecule has 0 N–H and O–H groups in total. The maximum absolute atomic E-state index is 13.4. The fraction of sp³-hybridized carbons (Fsp3) is 0.240. The largest absolute Gasteiger partial charge is 0.488 e. The summed E-state index contributed by atoms with van der Waals surface area (Å²) in [6.45, 7) is 1.26. The first-order chi connectivity index (χ1) is 15.3. The van der Waals surface area contributed by atoms with E-state index in [1.165, 1.54) is 13.2 Å². The molecule has 1 heterocycles. The second-order valence-corrected chi connectivity index (χ2v) is 7.66. The van der Waals surface area contributed by atoms with Crippen LogP contribution in [-0.2, 0) is 22.3 Å². The van der Waals surface area contributed by atoms with E-state index in [0.717, 1.165) is 23.4 Å². The van der Waals surface area contributed by atoms with Crippen LogP contribution in [0.5, 0.6) is 5.75 Å². The highest BCUT2D eigenvalue weighted by Gasteiger charge is 2.34. The van der Waals surface area contributed by atoms with E-state index in [1.54, 1.807) is 12.1 Å². The third kappa shape index (κ3) is 4.72. The molecule has 0 spiro atoms. The predicted molar refractivity (Wildman–Crippen MR) is 115 cm³/mol. The van der Waals surface area contributed by atoms with Crippen molar-refractivity contribution in [3.63, 3.8) is 0 Å². The molecule has 4 nitrogen and oxygen atoms in total. The molecule has 0 amide bonds. The van der Waals surface area contributed by atoms with E-state index in [1.807, 2.05) is 47.4 Å². The van der Waals surface area contributed by atoms with Crippen LogP contribution < -0.4 is 9.64 Å². The van der Waals surface area contributed by atoms with Gasteiger partial charge in [0.15, 0.2) is 0 Å². The summed E-state index contributed by atoms with van der Waals surface area (Å²) >= 11 is 0. The van der Waals surface area contributed by atoms with Gasteiger partial charge in [-0.15, -0.1) is 0 Å². The van der Waals surface area contributed by atoms with E-state index in [4.69, 9.17) is 9.47 Å². The summed E-state index contributed by atoms with van der Waals surface area (Å²) in [7, 11) is 1.36. The van der Waals surface area contributed by atoms with Crippen molar-refractivity contribution in [2.45, 2.75) is 12.8 Å². The molecule has 0 atom stereocenters. The van der Waals surface area contributed by atoms with Crippen molar-refractivity contribution in [2.75, 3.05) is 25.1 Å². The molecule has 1 fully saturated rings. The normalized spacial score (nSPS) is 14.1. The van der Waals surface area contributed by atoms with E-state index in [2.05, 4.69) is 0 Å². The first kappa shape index (κ1) is 21.7. The summed E-state index contributed by atoms with van der Waals surface area (Å²) in [5.74, 6) is -0.0797. The van der Waals surface area contributed by atoms with Crippen molar-refractivity contribution in [1.82, 2.24) is 0 Å². The zero-order chi connectivity index (χ0) is 22.7. The number of hydrogen-bond acceptors (Lipinski definition) is 4. The van der Waals surface area contributed by atoms with Gasteiger partial charge in [0, 0.05) is 24.3 Å². The summed E-state index contributed by atoms with van der Waals surface area (Å²) in [6.07, 6.45) is -4.46. The Kier molecular flexibility index (Phi) is 6.08. The lowest BCUT2D eigenvalue weighted by Crippen LogP contribution is -2.50. The first-order valence-electron chi connectivity index (χ1n) is 10.2. The molecular formula is C25H22F3NO3. The Hall–Kier alpha value is -3.48. The van der Waals surface area contributed by atoms with Gasteiger partial charge in [0.1, 0.15) is 12.4 Å². The molecule has 0 aliphatic carbocycles. The fourth-order valence-electron chi connectivity index (χ4n) is 3.67. The van der Waals surface area contributed by atoms with Gasteiger partial charge in [-0.2, -0.15) is 13.2 Å². The van der Waals surface area contributed by atoms with Crippen molar-refractivity contribution in [1.29, 1.82) is 0 Å². The molecule has 3 aromatic rings. The zero-order valence-corrected chi connectivity index (χ0v) is 17.4. The highest BCUT2D eigenvalue weighted by atomic mass is 19.4. The van der Waals surface area contributed by atoms with Gasteiger partial charge in [0.25, 0.3) is 0 Å². The molecule has 32 heavy (non-hydrogen) atoms. The Morgan fingerprint density at radius 3 is 2.44 bits per heavy atom. The second kappa shape index (κ2) is 8.94. The Morgan fingerprint density at radius 2 is 1.75 bits per heavy atom. The first-order valence-corrected chi connectivity index (χ1v) is 10.2. The number of carbonyl (C=O) groups is 1. The van der Waals surface area contributed by atoms with Gasteiger partial charge in [0.2, 0.25) is 0 Å². The summed E-state index contributed by atoms with van der Waals surface area (Å²) in [6, 6.07) is 20.2. The average Bonchev–Trinajstić information content (AvgIpc) is 2.76. The van der Waals surface area contributed by atoms with E-state index in [9.17, 15) is 18.0 Å². The van der Waals surface area contributed by atoms with Gasteiger partial charge in [-0.3, -0.25) is 4.79 Å². The minimum atomic E-state index is -4.46. The van der Waals surface area contributed by atoms with Crippen LogP contribution in [0.1, 0.15) is 11.1 Å². The number of benzene rings is 3. The molecule has 4 rings (SSSR count). The number of hydrogen-bond donors (Lipinski definition) is 0. The lowest BCUT2D eigenvalue weighted by Gasteiger charge is -2.39. The Labute approximate surface area is 184 Å². The minimum absolute atomic E-state index is 0.193. The van der Waals surface area contributed by atoms with Crippen LogP contribution in [0, 0.1) is 5.92 Å². The number of rotatable bonds is 6. The third-order valence-electron chi connectivity index (χ3n) is 5.48. The molecule has 0 saturated carbocycles. The number of methoxy groups -OCH3 is 1. The van der Waals surface area contributed by atoms with Crippen LogP contribution in [0.3, 0.4) is 0 Å². The monoisotopic (exact) mass is 441 g/mol. The Bertz CT molecular complexity index is 1090. The summed E-state index contributed by atoms with van der Waals surface area (Å²) in [5, 5.41) is 0. The van der Waals surface area contributed by atoms with Crippen molar-refractivity contribution in [2.24, 2.45) is 5.92 Å². The lowest BCUT2D eigenvalue weighted by atomic mass is 9.97. The molecule has 0 radical (unpaired) electrons. The van der Waals surface area contributed by atoms with Crippen LogP contribution >= 0.6 is 0 Å². The predicted octanol–water partition coefficient (Wildman–Crippen LogP) is 5.56. The van der Waals surface area contributed by atoms with Gasteiger partial charge in [-0.25, -0.2) is 0 Å². The van der Waals surface area contributed by atoms with Crippen molar-refractivity contribution in [3.8, 4) is 16.9 Å². The molecule has 0 aromatic heterocycles. The summed E-state index contributed by atoms with van der Waals surface area (Å²) < 4.78 is 50.9. The minimum Gasteiger partial charge on any atom is -0.488 e. The molecule has 1 saturated heterocycles. The highest BCUT2D eigenvalue weighted by Crippen LogP contribution is 2.39. The molecule has 3 aromatic carbocycles. The SMILES string of the molecule is COC(=O)C1CN(c2cccc(-c3cc(C(F)(F)F)ccc3OCc3ccccc3)c2)C1. The average molecular weight is 441 g/mol. The smallest absolute Gasteiger partial charge is 0.416 e. The third-order valence-corrected chi connectivity index (χ3v) is 5.48. The number of alkyl halides is 3. The van der Waals surface area contributed by atoms with Gasteiger partial charge in [-0.1, -0.05) is 42.5 Å². The molecule has 1 aliphatic rings. The van der Waals surface area contributed by atoms with E-state index < -0.39 is 11.7 Å². The van der Waals surface area contributed by atoms with Crippen LogP contribution in [0.2, 0.25) is 0 Å². The van der Waals surface area contributed by atoms with Gasteiger partial charge >= 0.3 is 12.1 Å². The van der Waals surface area contributed by atoms with E-state index >= 15 is 0 Å². The van der Waals surface area contributed by atoms with Gasteiger partial charge in [0.05, 0.1) is 18.6 Å². The Balaban J connectivity index is 1.63. The number of esters is 1. The van der Waals surface area contributed by atoms with Crippen LogP contribution in [0.25, 0.3) is 11.1 Å². The zero-order valence-electron chi connectivity index (χ0n) is 17.4. The fourth-order valence-corrected chi connectivity index (χ4v) is 3.67. The topological polar surface area (TPSA) is 38.8 Å². The Morgan fingerprint density at radius 1 is 1.00 bits per heavy atom. The molecule has 7 heteroatoms. The van der Waals surface area contributed by atoms with Crippen molar-refractivity contribution < 1.29 is 27.4 Å². The van der Waals surface area contributed by atoms with Crippen molar-refractivity contribution in [3.05, 3.63) is 83.9 Å². The van der Waals surface area contributed by atoms with Gasteiger partial charge in [-0.05, 0) is 41.5 Å². The van der Waals surface area contributed by atoms with Gasteiger partial charge < -0.3 is 14.4 Å². The number of halogens is 3. The van der Waals surface area contributed by atoms with E-state index in [0.29, 0.717) is 30.0 Å². The molecule has 1 aliphatic heterocycles. The van der Waals surface area contributed by atoms with Crippen LogP contribution in [0.4, 0.5) is 18.9 Å². The lowest BCUT2D eigenvalue weighted by molar-refractivity contribution is -0.146. The second-order valence-electron chi connectivity index (χ2n) is 7.66. The number of carbonyl (C=O) groups excluding carboxylic acids is 1. The maximum Gasteiger partial charge on any atom is 0.416 e. The molecular weight excluding hydrogens is 419 g/mol. The number of nitrogens with zero attached hydrogens (tertiary/aromatic N) is 1. The summed E-state index contributed by atoms with van der Waals surface area (Å²) in [5.41, 5.74) is 1.98. The van der Waals surface area contributed by atoms with Crippen molar-refractivity contribution >= 4 is 11.7 Å². The molecule has 0 bridgehead atoms. The standard InChI is InChI=1S/C25H22F3NO3/c1-31-24(30)19-14-29(15-19)21-9-5-8-18(12-21)22-13-20(25(26,27)28)10-11-23(22)32-16-17-6-3-2-4-7-17/h2-13,19H,14-16H2,1H3. The highest BCUT2D eigenvalue weighted by molar-refractivity contribution is 5.78. The van der Waals surface area contributed by atoms with E-state index in [-0.39, 0.29) is 18.5 Å². The molecule has 166 valence electrons. The van der Waals surface area contributed by atoms with Crippen LogP contribution in [-0.4, -0.2) is 26.2 Å². The summed E-state index contributed by atoms with van der Waals surface area (Å²) in [4.78, 5) is 13.6. The quantitative estimate of drug-likeness (QED) is 0.470. The number of anilines is 1.